The average molecular weight is 397 g/mol. The number of nitrogens with zero attached hydrogens (tertiary/aromatic N) is 1. The largest absolute Gasteiger partial charge is 0.492 e. The van der Waals surface area contributed by atoms with E-state index in [4.69, 9.17) is 4.74 Å². The van der Waals surface area contributed by atoms with Crippen molar-refractivity contribution >= 4 is 21.6 Å². The van der Waals surface area contributed by atoms with E-state index in [1.165, 1.54) is 15.3 Å². The van der Waals surface area contributed by atoms with E-state index in [1.807, 2.05) is 6.92 Å². The minimum Gasteiger partial charge on any atom is -0.492 e. The van der Waals surface area contributed by atoms with Crippen molar-refractivity contribution in [3.05, 3.63) is 18.2 Å². The monoisotopic (exact) mass is 396 g/mol. The van der Waals surface area contributed by atoms with Crippen LogP contribution in [-0.2, 0) is 14.8 Å². The Morgan fingerprint density at radius 3 is 2.52 bits per heavy atom. The summed E-state index contributed by atoms with van der Waals surface area (Å²) < 4.78 is 33.3. The third-order valence-electron chi connectivity index (χ3n) is 5.18. The van der Waals surface area contributed by atoms with Crippen molar-refractivity contribution in [1.29, 1.82) is 0 Å². The molecule has 1 amide bonds. The second-order valence-corrected chi connectivity index (χ2v) is 9.15. The molecular weight excluding hydrogens is 366 g/mol. The van der Waals surface area contributed by atoms with E-state index in [0.717, 1.165) is 45.2 Å². The number of carbonyl (C=O) groups excluding carboxylic acids is 1. The molecule has 3 rings (SSSR count). The minimum atomic E-state index is -3.64. The smallest absolute Gasteiger partial charge is 0.279 e. The van der Waals surface area contributed by atoms with Crippen LogP contribution in [0.25, 0.3) is 0 Å². The standard InChI is InChI=1S/C19H29N3O4S/c1-2-26-17-9-8-16(20-19(23)15-21-10-6-7-11-21)14-18(17)27(24,25)22-12-4-3-5-13-22/h8-9,14H,2-7,10-13,15H2,1H3,(H,20,23)/p+1. The van der Waals surface area contributed by atoms with Crippen LogP contribution in [0.1, 0.15) is 39.0 Å². The summed E-state index contributed by atoms with van der Waals surface area (Å²) in [5, 5.41) is 2.86. The maximum absolute atomic E-state index is 13.1. The molecule has 0 aliphatic carbocycles. The molecular formula is C19H30N3O4S+. The predicted octanol–water partition coefficient (Wildman–Crippen LogP) is 0.877. The van der Waals surface area contributed by atoms with Gasteiger partial charge in [-0.05, 0) is 38.0 Å². The van der Waals surface area contributed by atoms with Crippen molar-refractivity contribution in [1.82, 2.24) is 4.31 Å². The van der Waals surface area contributed by atoms with Crippen LogP contribution >= 0.6 is 0 Å². The van der Waals surface area contributed by atoms with Crippen LogP contribution in [0.2, 0.25) is 0 Å². The van der Waals surface area contributed by atoms with Gasteiger partial charge in [0.05, 0.1) is 19.7 Å². The zero-order valence-corrected chi connectivity index (χ0v) is 16.8. The number of hydrogen-bond donors (Lipinski definition) is 2. The lowest BCUT2D eigenvalue weighted by Gasteiger charge is -2.27. The summed E-state index contributed by atoms with van der Waals surface area (Å²) in [6, 6.07) is 4.88. The number of ether oxygens (including phenoxy) is 1. The van der Waals surface area contributed by atoms with E-state index < -0.39 is 10.0 Å². The number of rotatable bonds is 7. The summed E-state index contributed by atoms with van der Waals surface area (Å²) in [4.78, 5) is 13.7. The van der Waals surface area contributed by atoms with Crippen LogP contribution in [0, 0.1) is 0 Å². The van der Waals surface area contributed by atoms with Crippen LogP contribution in [0.15, 0.2) is 23.1 Å². The third-order valence-corrected chi connectivity index (χ3v) is 7.10. The summed E-state index contributed by atoms with van der Waals surface area (Å²) in [5.41, 5.74) is 0.498. The lowest BCUT2D eigenvalue weighted by atomic mass is 10.2. The van der Waals surface area contributed by atoms with Gasteiger partial charge in [-0.25, -0.2) is 8.42 Å². The summed E-state index contributed by atoms with van der Waals surface area (Å²) in [6.07, 6.45) is 5.11. The SMILES string of the molecule is CCOc1ccc(NC(=O)C[NH+]2CCCC2)cc1S(=O)(=O)N1CCCCC1. The molecule has 2 N–H and O–H groups in total. The first-order chi connectivity index (χ1) is 13.0. The molecule has 0 radical (unpaired) electrons. The molecule has 0 atom stereocenters. The zero-order chi connectivity index (χ0) is 19.3. The molecule has 2 saturated heterocycles. The van der Waals surface area contributed by atoms with Gasteiger partial charge in [0.1, 0.15) is 10.6 Å². The molecule has 0 saturated carbocycles. The van der Waals surface area contributed by atoms with Crippen molar-refractivity contribution in [2.24, 2.45) is 0 Å². The normalized spacial score (nSPS) is 19.1. The molecule has 27 heavy (non-hydrogen) atoms. The first-order valence-corrected chi connectivity index (χ1v) is 11.3. The van der Waals surface area contributed by atoms with E-state index in [9.17, 15) is 13.2 Å². The van der Waals surface area contributed by atoms with Crippen LogP contribution < -0.4 is 15.0 Å². The van der Waals surface area contributed by atoms with Gasteiger partial charge in [0, 0.05) is 31.6 Å². The Morgan fingerprint density at radius 2 is 1.85 bits per heavy atom. The molecule has 0 aromatic heterocycles. The highest BCUT2D eigenvalue weighted by Gasteiger charge is 2.29. The third kappa shape index (κ3) is 5.00. The first kappa shape index (κ1) is 20.1. The fourth-order valence-electron chi connectivity index (χ4n) is 3.79. The Balaban J connectivity index is 1.80. The van der Waals surface area contributed by atoms with Gasteiger partial charge in [-0.1, -0.05) is 6.42 Å². The van der Waals surface area contributed by atoms with E-state index in [0.29, 0.717) is 37.7 Å². The Bertz CT molecular complexity index is 754. The van der Waals surface area contributed by atoms with E-state index in [-0.39, 0.29) is 10.8 Å². The van der Waals surface area contributed by atoms with Crippen molar-refractivity contribution < 1.29 is 22.8 Å². The highest BCUT2D eigenvalue weighted by molar-refractivity contribution is 7.89. The maximum Gasteiger partial charge on any atom is 0.279 e. The molecule has 150 valence electrons. The van der Waals surface area contributed by atoms with Crippen LogP contribution in [0.4, 0.5) is 5.69 Å². The van der Waals surface area contributed by atoms with Gasteiger partial charge >= 0.3 is 0 Å². The zero-order valence-electron chi connectivity index (χ0n) is 16.0. The number of quaternary nitrogens is 1. The number of hydrogen-bond acceptors (Lipinski definition) is 4. The highest BCUT2D eigenvalue weighted by Crippen LogP contribution is 2.31. The Morgan fingerprint density at radius 1 is 1.15 bits per heavy atom. The number of amides is 1. The molecule has 1 aromatic rings. The van der Waals surface area contributed by atoms with E-state index >= 15 is 0 Å². The second-order valence-electron chi connectivity index (χ2n) is 7.24. The van der Waals surface area contributed by atoms with Gasteiger partial charge in [-0.2, -0.15) is 4.31 Å². The summed E-state index contributed by atoms with van der Waals surface area (Å²) >= 11 is 0. The molecule has 0 spiro atoms. The van der Waals surface area contributed by atoms with Crippen molar-refractivity contribution in [3.63, 3.8) is 0 Å². The molecule has 7 nitrogen and oxygen atoms in total. The molecule has 2 heterocycles. The van der Waals surface area contributed by atoms with Gasteiger partial charge in [0.2, 0.25) is 10.0 Å². The van der Waals surface area contributed by atoms with E-state index in [1.54, 1.807) is 12.1 Å². The Hall–Kier alpha value is -1.64. The first-order valence-electron chi connectivity index (χ1n) is 9.91. The van der Waals surface area contributed by atoms with Crippen LogP contribution in [-0.4, -0.2) is 58.0 Å². The second kappa shape index (κ2) is 9.03. The van der Waals surface area contributed by atoms with Crippen molar-refractivity contribution in [3.8, 4) is 5.75 Å². The number of likely N-dealkylation sites (tertiary alicyclic amines) is 1. The van der Waals surface area contributed by atoms with Crippen LogP contribution in [0.5, 0.6) is 5.75 Å². The number of piperidine rings is 1. The van der Waals surface area contributed by atoms with Gasteiger partial charge in [-0.15, -0.1) is 0 Å². The quantitative estimate of drug-likeness (QED) is 0.717. The Labute approximate surface area is 161 Å². The van der Waals surface area contributed by atoms with Gasteiger partial charge in [0.15, 0.2) is 6.54 Å². The topological polar surface area (TPSA) is 80.1 Å². The maximum atomic E-state index is 13.1. The van der Waals surface area contributed by atoms with E-state index in [2.05, 4.69) is 5.32 Å². The number of anilines is 1. The van der Waals surface area contributed by atoms with Crippen LogP contribution in [0.3, 0.4) is 0 Å². The molecule has 8 heteroatoms. The lowest BCUT2D eigenvalue weighted by Crippen LogP contribution is -3.11. The molecule has 0 unspecified atom stereocenters. The molecule has 2 aliphatic rings. The summed E-state index contributed by atoms with van der Waals surface area (Å²) in [6.45, 7) is 5.72. The Kier molecular flexibility index (Phi) is 6.73. The summed E-state index contributed by atoms with van der Waals surface area (Å²) in [5.74, 6) is 0.253. The predicted molar refractivity (Wildman–Crippen MR) is 104 cm³/mol. The number of carbonyl (C=O) groups is 1. The molecule has 2 fully saturated rings. The molecule has 1 aromatic carbocycles. The lowest BCUT2D eigenvalue weighted by molar-refractivity contribution is -0.878. The van der Waals surface area contributed by atoms with Gasteiger partial charge in [-0.3, -0.25) is 4.79 Å². The van der Waals surface area contributed by atoms with Gasteiger partial charge < -0.3 is 15.0 Å². The average Bonchev–Trinajstić information content (AvgIpc) is 3.16. The minimum absolute atomic E-state index is 0.0858. The number of sulfonamides is 1. The summed E-state index contributed by atoms with van der Waals surface area (Å²) in [7, 11) is -3.64. The van der Waals surface area contributed by atoms with Gasteiger partial charge in [0.25, 0.3) is 5.91 Å². The number of nitrogens with one attached hydrogen (secondary N) is 2. The number of benzene rings is 1. The highest BCUT2D eigenvalue weighted by atomic mass is 32.2. The fraction of sp³-hybridized carbons (Fsp3) is 0.632. The molecule has 2 aliphatic heterocycles. The van der Waals surface area contributed by atoms with Crippen molar-refractivity contribution in [2.75, 3.05) is 44.6 Å². The van der Waals surface area contributed by atoms with Crippen molar-refractivity contribution in [2.45, 2.75) is 43.9 Å². The fourth-order valence-corrected chi connectivity index (χ4v) is 5.46. The molecule has 0 bridgehead atoms.